The monoisotopic (exact) mass is 338 g/mol. The molecule has 1 saturated carbocycles. The Labute approximate surface area is 124 Å². The van der Waals surface area contributed by atoms with Gasteiger partial charge in [-0.1, -0.05) is 0 Å². The van der Waals surface area contributed by atoms with Crippen LogP contribution in [0.5, 0.6) is 5.88 Å². The maximum atomic E-state index is 9.57. The summed E-state index contributed by atoms with van der Waals surface area (Å²) in [6.07, 6.45) is 5.25. The molecular formula is C13H15BrN4O2. The molecule has 2 aromatic rings. The maximum Gasteiger partial charge on any atom is 0.225 e. The van der Waals surface area contributed by atoms with E-state index >= 15 is 0 Å². The predicted molar refractivity (Wildman–Crippen MR) is 75.4 cm³/mol. The highest BCUT2D eigenvalue weighted by Gasteiger charge is 2.50. The summed E-state index contributed by atoms with van der Waals surface area (Å²) >= 11 is 3.32. The molecule has 0 aromatic carbocycles. The zero-order valence-corrected chi connectivity index (χ0v) is 12.8. The summed E-state index contributed by atoms with van der Waals surface area (Å²) in [4.78, 5) is 4.03. The average Bonchev–Trinajstić information content (AvgIpc) is 2.80. The molecule has 0 unspecified atom stereocenters. The van der Waals surface area contributed by atoms with Gasteiger partial charge < -0.3 is 14.4 Å². The van der Waals surface area contributed by atoms with E-state index in [0.717, 1.165) is 24.2 Å². The second-order valence-electron chi connectivity index (χ2n) is 5.14. The molecule has 0 amide bonds. The van der Waals surface area contributed by atoms with Crippen molar-refractivity contribution in [3.8, 4) is 5.88 Å². The molecule has 0 atom stereocenters. The van der Waals surface area contributed by atoms with Crippen molar-refractivity contribution in [1.29, 1.82) is 0 Å². The highest BCUT2D eigenvalue weighted by Crippen LogP contribution is 2.49. The van der Waals surface area contributed by atoms with Crippen LogP contribution in [0.25, 0.3) is 0 Å². The summed E-state index contributed by atoms with van der Waals surface area (Å²) in [5.41, 5.74) is 0.751. The summed E-state index contributed by atoms with van der Waals surface area (Å²) < 4.78 is 7.92. The molecule has 2 heterocycles. The van der Waals surface area contributed by atoms with Crippen molar-refractivity contribution >= 4 is 15.9 Å². The van der Waals surface area contributed by atoms with Gasteiger partial charge in [0.15, 0.2) is 0 Å². The highest BCUT2D eigenvalue weighted by atomic mass is 79.9. The van der Waals surface area contributed by atoms with E-state index in [1.807, 2.05) is 17.7 Å². The molecule has 1 aliphatic rings. The third-order valence-corrected chi connectivity index (χ3v) is 4.58. The Bertz CT molecular complexity index is 637. The lowest BCUT2D eigenvalue weighted by molar-refractivity contribution is -0.00711. The van der Waals surface area contributed by atoms with Crippen molar-refractivity contribution < 1.29 is 9.84 Å². The average molecular weight is 339 g/mol. The Morgan fingerprint density at radius 2 is 2.25 bits per heavy atom. The number of pyridine rings is 1. The summed E-state index contributed by atoms with van der Waals surface area (Å²) in [5, 5.41) is 17.8. The third-order valence-electron chi connectivity index (χ3n) is 4.00. The minimum atomic E-state index is -0.255. The van der Waals surface area contributed by atoms with E-state index in [0.29, 0.717) is 4.47 Å². The first-order valence-electron chi connectivity index (χ1n) is 6.29. The highest BCUT2D eigenvalue weighted by molar-refractivity contribution is 9.10. The molecule has 1 fully saturated rings. The number of hydrogen-bond acceptors (Lipinski definition) is 5. The van der Waals surface area contributed by atoms with Crippen LogP contribution < -0.4 is 0 Å². The van der Waals surface area contributed by atoms with Crippen molar-refractivity contribution in [3.05, 3.63) is 34.5 Å². The molecule has 6 nitrogen and oxygen atoms in total. The van der Waals surface area contributed by atoms with Gasteiger partial charge in [0.25, 0.3) is 0 Å². The molecule has 0 bridgehead atoms. The number of methoxy groups -OCH3 is 1. The second kappa shape index (κ2) is 4.82. The van der Waals surface area contributed by atoms with Crippen LogP contribution in [0.2, 0.25) is 0 Å². The smallest absolute Gasteiger partial charge is 0.225 e. The molecule has 0 saturated heterocycles. The molecule has 3 rings (SSSR count). The van der Waals surface area contributed by atoms with Crippen LogP contribution in [-0.4, -0.2) is 38.1 Å². The van der Waals surface area contributed by atoms with Gasteiger partial charge in [-0.15, -0.1) is 10.2 Å². The lowest BCUT2D eigenvalue weighted by Crippen LogP contribution is -2.48. The van der Waals surface area contributed by atoms with E-state index in [-0.39, 0.29) is 17.4 Å². The van der Waals surface area contributed by atoms with Crippen LogP contribution in [0.4, 0.5) is 0 Å². The molecule has 0 radical (unpaired) electrons. The number of aromatic hydroxyl groups is 1. The molecule has 2 aromatic heterocycles. The lowest BCUT2D eigenvalue weighted by Gasteiger charge is -2.46. The van der Waals surface area contributed by atoms with Gasteiger partial charge in [0, 0.05) is 20.4 Å². The number of nitrogens with zero attached hydrogens (tertiary/aromatic N) is 4. The predicted octanol–water partition coefficient (Wildman–Crippen LogP) is 1.77. The Kier molecular flexibility index (Phi) is 3.25. The third kappa shape index (κ3) is 1.92. The Morgan fingerprint density at radius 1 is 1.50 bits per heavy atom. The van der Waals surface area contributed by atoms with E-state index in [1.165, 1.54) is 0 Å². The zero-order valence-electron chi connectivity index (χ0n) is 11.2. The number of halogens is 1. The fourth-order valence-electron chi connectivity index (χ4n) is 2.84. The molecule has 0 spiro atoms. The van der Waals surface area contributed by atoms with E-state index in [1.54, 1.807) is 19.6 Å². The van der Waals surface area contributed by atoms with Gasteiger partial charge in [0.1, 0.15) is 12.2 Å². The molecule has 0 aliphatic heterocycles. The summed E-state index contributed by atoms with van der Waals surface area (Å²) in [6, 6.07) is 1.89. The van der Waals surface area contributed by atoms with E-state index in [9.17, 15) is 5.11 Å². The molecule has 1 N–H and O–H groups in total. The Balaban J connectivity index is 2.07. The van der Waals surface area contributed by atoms with E-state index in [4.69, 9.17) is 4.74 Å². The van der Waals surface area contributed by atoms with Crippen molar-refractivity contribution in [2.75, 3.05) is 7.11 Å². The van der Waals surface area contributed by atoms with Crippen LogP contribution in [0.15, 0.2) is 23.1 Å². The molecular weight excluding hydrogens is 324 g/mol. The number of rotatable bonds is 3. The van der Waals surface area contributed by atoms with Gasteiger partial charge in [0.2, 0.25) is 5.88 Å². The van der Waals surface area contributed by atoms with Crippen molar-refractivity contribution in [3.63, 3.8) is 0 Å². The lowest BCUT2D eigenvalue weighted by atomic mass is 9.62. The fraction of sp³-hybridized carbons (Fsp3) is 0.462. The summed E-state index contributed by atoms with van der Waals surface area (Å²) in [6.45, 7) is 0. The normalized spacial score (nSPS) is 25.4. The molecule has 7 heteroatoms. The Morgan fingerprint density at radius 3 is 2.80 bits per heavy atom. The van der Waals surface area contributed by atoms with Crippen LogP contribution >= 0.6 is 15.9 Å². The SMILES string of the molecule is COC1CC(c2cnc(O)c(Br)c2)(c2nncn2C)C1. The molecule has 20 heavy (non-hydrogen) atoms. The molecule has 106 valence electrons. The van der Waals surface area contributed by atoms with E-state index in [2.05, 4.69) is 31.1 Å². The quantitative estimate of drug-likeness (QED) is 0.923. The topological polar surface area (TPSA) is 73.1 Å². The number of aryl methyl sites for hydroxylation is 1. The maximum absolute atomic E-state index is 9.57. The number of ether oxygens (including phenoxy) is 1. The van der Waals surface area contributed by atoms with Gasteiger partial charge >= 0.3 is 0 Å². The van der Waals surface area contributed by atoms with E-state index < -0.39 is 0 Å². The minimum absolute atomic E-state index is 0.00974. The first-order valence-corrected chi connectivity index (χ1v) is 7.08. The second-order valence-corrected chi connectivity index (χ2v) is 6.00. The minimum Gasteiger partial charge on any atom is -0.492 e. The van der Waals surface area contributed by atoms with Crippen molar-refractivity contribution in [2.24, 2.45) is 7.05 Å². The first kappa shape index (κ1) is 13.5. The standard InChI is InChI=1S/C13H15BrN4O2/c1-18-7-16-17-12(18)13(4-9(5-13)20-2)8-3-10(14)11(19)15-6-8/h3,6-7,9H,4-5H2,1-2H3,(H,15,19). The number of hydrogen-bond donors (Lipinski definition) is 1. The van der Waals surface area contributed by atoms with Gasteiger partial charge in [-0.05, 0) is 40.4 Å². The zero-order chi connectivity index (χ0) is 14.3. The van der Waals surface area contributed by atoms with Crippen molar-refractivity contribution in [2.45, 2.75) is 24.4 Å². The van der Waals surface area contributed by atoms with Crippen LogP contribution in [-0.2, 0) is 17.2 Å². The van der Waals surface area contributed by atoms with Gasteiger partial charge in [-0.3, -0.25) is 0 Å². The van der Waals surface area contributed by atoms with Crippen LogP contribution in [0.1, 0.15) is 24.2 Å². The summed E-state index contributed by atoms with van der Waals surface area (Å²) in [7, 11) is 3.65. The first-order chi connectivity index (χ1) is 9.56. The van der Waals surface area contributed by atoms with Crippen molar-refractivity contribution in [1.82, 2.24) is 19.7 Å². The number of aromatic nitrogens is 4. The van der Waals surface area contributed by atoms with Crippen LogP contribution in [0.3, 0.4) is 0 Å². The van der Waals surface area contributed by atoms with Crippen LogP contribution in [0, 0.1) is 0 Å². The van der Waals surface area contributed by atoms with Gasteiger partial charge in [-0.25, -0.2) is 4.98 Å². The van der Waals surface area contributed by atoms with Gasteiger partial charge in [0.05, 0.1) is 16.0 Å². The Hall–Kier alpha value is -1.47. The van der Waals surface area contributed by atoms with Gasteiger partial charge in [-0.2, -0.15) is 0 Å². The molecule has 1 aliphatic carbocycles. The largest absolute Gasteiger partial charge is 0.492 e. The summed E-state index contributed by atoms with van der Waals surface area (Å²) in [5.74, 6) is 0.884. The fourth-order valence-corrected chi connectivity index (χ4v) is 3.19.